The number of carbonyl (C=O) groups is 2. The maximum Gasteiger partial charge on any atom is 0.343 e. The molecule has 3 rings (SSSR count). The summed E-state index contributed by atoms with van der Waals surface area (Å²) >= 11 is 0. The van der Waals surface area contributed by atoms with Crippen LogP contribution in [0.3, 0.4) is 0 Å². The molecule has 0 atom stereocenters. The van der Waals surface area contributed by atoms with Crippen LogP contribution in [0.5, 0.6) is 0 Å². The predicted octanol–water partition coefficient (Wildman–Crippen LogP) is 2.84. The summed E-state index contributed by atoms with van der Waals surface area (Å²) < 4.78 is 6.25. The Kier molecular flexibility index (Phi) is 5.69. The van der Waals surface area contributed by atoms with Crippen LogP contribution in [0.4, 0.5) is 11.5 Å². The molecule has 0 fully saturated rings. The van der Waals surface area contributed by atoms with E-state index in [-0.39, 0.29) is 23.9 Å². The molecule has 0 unspecified atom stereocenters. The van der Waals surface area contributed by atoms with Crippen LogP contribution in [-0.2, 0) is 11.2 Å². The summed E-state index contributed by atoms with van der Waals surface area (Å²) in [7, 11) is 0. The molecular weight excluding hydrogens is 358 g/mol. The number of nitrogens with zero attached hydrogens (tertiary/aromatic N) is 3. The Morgan fingerprint density at radius 2 is 1.86 bits per heavy atom. The minimum atomic E-state index is -0.545. The van der Waals surface area contributed by atoms with Crippen molar-refractivity contribution in [1.29, 1.82) is 0 Å². The first-order valence-electron chi connectivity index (χ1n) is 8.90. The number of benzene rings is 1. The van der Waals surface area contributed by atoms with Crippen LogP contribution in [0.25, 0.3) is 5.82 Å². The average Bonchev–Trinajstić information content (AvgIpc) is 3.10. The fraction of sp³-hybridized carbons (Fsp3) is 0.200. The molecule has 0 aliphatic carbocycles. The topological polar surface area (TPSA) is 112 Å². The molecule has 8 heteroatoms. The minimum Gasteiger partial charge on any atom is -0.462 e. The number of aromatic nitrogens is 3. The third kappa shape index (κ3) is 4.01. The van der Waals surface area contributed by atoms with Crippen molar-refractivity contribution in [2.75, 3.05) is 17.7 Å². The lowest BCUT2D eigenvalue weighted by molar-refractivity contribution is 0.0527. The smallest absolute Gasteiger partial charge is 0.343 e. The summed E-state index contributed by atoms with van der Waals surface area (Å²) in [5.41, 5.74) is 8.43. The first-order chi connectivity index (χ1) is 13.5. The summed E-state index contributed by atoms with van der Waals surface area (Å²) in [6.45, 7) is 4.03. The Balaban J connectivity index is 1.74. The zero-order chi connectivity index (χ0) is 20.1. The molecule has 2 heterocycles. The van der Waals surface area contributed by atoms with Gasteiger partial charge >= 0.3 is 5.97 Å². The first kappa shape index (κ1) is 19.1. The highest BCUT2D eigenvalue weighted by Crippen LogP contribution is 2.17. The molecule has 0 aliphatic heterocycles. The van der Waals surface area contributed by atoms with E-state index in [9.17, 15) is 9.59 Å². The Labute approximate surface area is 162 Å². The van der Waals surface area contributed by atoms with E-state index < -0.39 is 5.97 Å². The number of carbonyl (C=O) groups excluding carboxylic acids is 2. The largest absolute Gasteiger partial charge is 0.462 e. The molecule has 144 valence electrons. The van der Waals surface area contributed by atoms with Gasteiger partial charge in [0.2, 0.25) is 0 Å². The standard InChI is InChI=1S/C20H21N5O3/c1-3-13-5-8-15(9-6-13)24-19(26)14-7-10-17(22-11-14)25-18(21)16(12-23-25)20(27)28-4-2/h5-12H,3-4,21H2,1-2H3,(H,24,26). The van der Waals surface area contributed by atoms with Gasteiger partial charge < -0.3 is 15.8 Å². The first-order valence-corrected chi connectivity index (χ1v) is 8.90. The van der Waals surface area contributed by atoms with Crippen LogP contribution in [-0.4, -0.2) is 33.2 Å². The van der Waals surface area contributed by atoms with Crippen molar-refractivity contribution < 1.29 is 14.3 Å². The second-order valence-electron chi connectivity index (χ2n) is 5.99. The highest BCUT2D eigenvalue weighted by molar-refractivity contribution is 6.04. The van der Waals surface area contributed by atoms with Crippen molar-refractivity contribution in [3.63, 3.8) is 0 Å². The van der Waals surface area contributed by atoms with Gasteiger partial charge in [-0.1, -0.05) is 19.1 Å². The number of rotatable bonds is 6. The number of nitrogen functional groups attached to an aromatic ring is 1. The molecule has 0 aliphatic rings. The van der Waals surface area contributed by atoms with Crippen LogP contribution in [0.1, 0.15) is 40.1 Å². The predicted molar refractivity (Wildman–Crippen MR) is 106 cm³/mol. The SMILES string of the molecule is CCOC(=O)c1cnn(-c2ccc(C(=O)Nc3ccc(CC)cc3)cn2)c1N. The van der Waals surface area contributed by atoms with E-state index in [0.29, 0.717) is 17.1 Å². The van der Waals surface area contributed by atoms with Crippen molar-refractivity contribution in [3.05, 3.63) is 65.5 Å². The van der Waals surface area contributed by atoms with Gasteiger partial charge in [-0.15, -0.1) is 0 Å². The van der Waals surface area contributed by atoms with Gasteiger partial charge in [0.1, 0.15) is 11.4 Å². The van der Waals surface area contributed by atoms with Gasteiger partial charge in [0, 0.05) is 11.9 Å². The molecule has 0 bridgehead atoms. The normalized spacial score (nSPS) is 10.5. The maximum atomic E-state index is 12.4. The van der Waals surface area contributed by atoms with Gasteiger partial charge in [-0.05, 0) is 43.2 Å². The number of aryl methyl sites for hydroxylation is 1. The third-order valence-electron chi connectivity index (χ3n) is 4.15. The van der Waals surface area contributed by atoms with E-state index >= 15 is 0 Å². The highest BCUT2D eigenvalue weighted by atomic mass is 16.5. The zero-order valence-electron chi connectivity index (χ0n) is 15.7. The van der Waals surface area contributed by atoms with E-state index in [0.717, 1.165) is 6.42 Å². The van der Waals surface area contributed by atoms with Gasteiger partial charge in [-0.3, -0.25) is 4.79 Å². The second-order valence-corrected chi connectivity index (χ2v) is 5.99. The minimum absolute atomic E-state index is 0.124. The molecule has 1 aromatic carbocycles. The molecule has 0 saturated carbocycles. The summed E-state index contributed by atoms with van der Waals surface area (Å²) in [4.78, 5) is 28.5. The highest BCUT2D eigenvalue weighted by Gasteiger charge is 2.18. The molecule has 0 spiro atoms. The van der Waals surface area contributed by atoms with Crippen molar-refractivity contribution in [2.45, 2.75) is 20.3 Å². The van der Waals surface area contributed by atoms with Gasteiger partial charge in [-0.2, -0.15) is 9.78 Å². The Morgan fingerprint density at radius 3 is 2.46 bits per heavy atom. The average molecular weight is 379 g/mol. The molecular formula is C20H21N5O3. The molecule has 1 amide bonds. The molecule has 3 N–H and O–H groups in total. The molecule has 28 heavy (non-hydrogen) atoms. The molecule has 0 radical (unpaired) electrons. The summed E-state index contributed by atoms with van der Waals surface area (Å²) in [5.74, 6) is -0.309. The van der Waals surface area contributed by atoms with Crippen LogP contribution in [0.15, 0.2) is 48.8 Å². The molecule has 2 aromatic heterocycles. The lowest BCUT2D eigenvalue weighted by atomic mass is 10.1. The molecule has 8 nitrogen and oxygen atoms in total. The number of hydrogen-bond acceptors (Lipinski definition) is 6. The number of esters is 1. The van der Waals surface area contributed by atoms with Crippen LogP contribution >= 0.6 is 0 Å². The number of hydrogen-bond donors (Lipinski definition) is 2. The van der Waals surface area contributed by atoms with Crippen molar-refractivity contribution >= 4 is 23.4 Å². The van der Waals surface area contributed by atoms with Gasteiger partial charge in [0.25, 0.3) is 5.91 Å². The van der Waals surface area contributed by atoms with E-state index in [1.807, 2.05) is 24.3 Å². The number of nitrogens with one attached hydrogen (secondary N) is 1. The molecule has 0 saturated heterocycles. The Hall–Kier alpha value is -3.68. The maximum absolute atomic E-state index is 12.4. The van der Waals surface area contributed by atoms with E-state index in [1.165, 1.54) is 22.6 Å². The number of nitrogens with two attached hydrogens (primary N) is 1. The second kappa shape index (κ2) is 8.34. The van der Waals surface area contributed by atoms with Crippen molar-refractivity contribution in [3.8, 4) is 5.82 Å². The Bertz CT molecular complexity index is 978. The van der Waals surface area contributed by atoms with Crippen molar-refractivity contribution in [1.82, 2.24) is 14.8 Å². The van der Waals surface area contributed by atoms with E-state index in [1.54, 1.807) is 19.1 Å². The van der Waals surface area contributed by atoms with Gasteiger partial charge in [-0.25, -0.2) is 9.78 Å². The fourth-order valence-electron chi connectivity index (χ4n) is 2.58. The van der Waals surface area contributed by atoms with Crippen LogP contribution in [0, 0.1) is 0 Å². The van der Waals surface area contributed by atoms with E-state index in [2.05, 4.69) is 22.3 Å². The third-order valence-corrected chi connectivity index (χ3v) is 4.15. The van der Waals surface area contributed by atoms with Crippen LogP contribution in [0.2, 0.25) is 0 Å². The number of amides is 1. The lowest BCUT2D eigenvalue weighted by Gasteiger charge is -2.07. The number of anilines is 2. The number of ether oxygens (including phenoxy) is 1. The van der Waals surface area contributed by atoms with Crippen LogP contribution < -0.4 is 11.1 Å². The summed E-state index contributed by atoms with van der Waals surface area (Å²) in [6.07, 6.45) is 3.69. The summed E-state index contributed by atoms with van der Waals surface area (Å²) in [5, 5.41) is 6.90. The van der Waals surface area contributed by atoms with Gasteiger partial charge in [0.15, 0.2) is 5.82 Å². The van der Waals surface area contributed by atoms with E-state index in [4.69, 9.17) is 10.5 Å². The summed E-state index contributed by atoms with van der Waals surface area (Å²) in [6, 6.07) is 10.9. The number of pyridine rings is 1. The lowest BCUT2D eigenvalue weighted by Crippen LogP contribution is -2.13. The quantitative estimate of drug-likeness (QED) is 0.637. The monoisotopic (exact) mass is 379 g/mol. The fourth-order valence-corrected chi connectivity index (χ4v) is 2.58. The van der Waals surface area contributed by atoms with Gasteiger partial charge in [0.05, 0.1) is 18.4 Å². The Morgan fingerprint density at radius 1 is 1.11 bits per heavy atom. The molecule has 3 aromatic rings. The zero-order valence-corrected chi connectivity index (χ0v) is 15.7. The van der Waals surface area contributed by atoms with Crippen molar-refractivity contribution in [2.24, 2.45) is 0 Å².